The van der Waals surface area contributed by atoms with Gasteiger partial charge in [0.25, 0.3) is 0 Å². The minimum Gasteiger partial charge on any atom is -0.508 e. The summed E-state index contributed by atoms with van der Waals surface area (Å²) in [5, 5.41) is 24.1. The van der Waals surface area contributed by atoms with Gasteiger partial charge in [-0.25, -0.2) is 9.59 Å². The molecule has 0 saturated carbocycles. The maximum absolute atomic E-state index is 9.34. The number of hydrogen-bond acceptors (Lipinski definition) is 5. The van der Waals surface area contributed by atoms with Gasteiger partial charge in [-0.3, -0.25) is 9.80 Å². The molecule has 29 heavy (non-hydrogen) atoms. The Morgan fingerprint density at radius 2 is 1.38 bits per heavy atom. The van der Waals surface area contributed by atoms with E-state index in [2.05, 4.69) is 46.2 Å². The molecule has 7 heteroatoms. The molecular formula is C22H26N2O5. The molecule has 0 spiro atoms. The molecule has 2 aromatic carbocycles. The molecule has 3 rings (SSSR count). The molecule has 0 amide bonds. The van der Waals surface area contributed by atoms with Gasteiger partial charge in [-0.1, -0.05) is 54.6 Å². The monoisotopic (exact) mass is 398 g/mol. The van der Waals surface area contributed by atoms with Gasteiger partial charge in [0.2, 0.25) is 0 Å². The summed E-state index contributed by atoms with van der Waals surface area (Å²) in [7, 11) is 0. The van der Waals surface area contributed by atoms with E-state index in [0.29, 0.717) is 5.75 Å². The number of nitrogens with zero attached hydrogens (tertiary/aromatic N) is 2. The molecule has 7 nitrogen and oxygen atoms in total. The normalized spacial score (nSPS) is 14.9. The number of aliphatic carboxylic acids is 2. The minimum absolute atomic E-state index is 0.337. The van der Waals surface area contributed by atoms with E-state index in [1.54, 1.807) is 12.1 Å². The molecule has 0 atom stereocenters. The predicted molar refractivity (Wildman–Crippen MR) is 111 cm³/mol. The molecule has 154 valence electrons. The van der Waals surface area contributed by atoms with E-state index in [1.807, 2.05) is 18.2 Å². The number of carbonyl (C=O) groups is 2. The smallest absolute Gasteiger partial charge is 0.414 e. The lowest BCUT2D eigenvalue weighted by molar-refractivity contribution is -0.159. The molecule has 3 N–H and O–H groups in total. The van der Waals surface area contributed by atoms with Gasteiger partial charge in [-0.05, 0) is 23.3 Å². The van der Waals surface area contributed by atoms with E-state index in [0.717, 1.165) is 39.3 Å². The van der Waals surface area contributed by atoms with Crippen LogP contribution in [-0.4, -0.2) is 69.8 Å². The van der Waals surface area contributed by atoms with E-state index in [4.69, 9.17) is 19.8 Å². The highest BCUT2D eigenvalue weighted by Gasteiger charge is 2.15. The van der Waals surface area contributed by atoms with Gasteiger partial charge in [-0.2, -0.15) is 0 Å². The van der Waals surface area contributed by atoms with Crippen molar-refractivity contribution in [1.82, 2.24) is 9.80 Å². The minimum atomic E-state index is -1.82. The SMILES string of the molecule is O=C(O)C(=O)O.Oc1ccc(CN2CCN(CC=Cc3ccccc3)CC2)cc1. The zero-order chi connectivity index (χ0) is 21.1. The van der Waals surface area contributed by atoms with Crippen LogP contribution < -0.4 is 0 Å². The van der Waals surface area contributed by atoms with Crippen LogP contribution in [0.15, 0.2) is 60.7 Å². The van der Waals surface area contributed by atoms with Crippen LogP contribution in [0, 0.1) is 0 Å². The average Bonchev–Trinajstić information content (AvgIpc) is 2.72. The summed E-state index contributed by atoms with van der Waals surface area (Å²) in [5.74, 6) is -3.31. The highest BCUT2D eigenvalue weighted by atomic mass is 16.4. The van der Waals surface area contributed by atoms with Gasteiger partial charge in [0, 0.05) is 39.3 Å². The van der Waals surface area contributed by atoms with E-state index in [9.17, 15) is 5.11 Å². The average molecular weight is 398 g/mol. The zero-order valence-electron chi connectivity index (χ0n) is 16.1. The van der Waals surface area contributed by atoms with E-state index >= 15 is 0 Å². The lowest BCUT2D eigenvalue weighted by Gasteiger charge is -2.34. The van der Waals surface area contributed by atoms with Crippen molar-refractivity contribution >= 4 is 18.0 Å². The molecule has 0 unspecified atom stereocenters. The maximum Gasteiger partial charge on any atom is 0.414 e. The second-order valence-corrected chi connectivity index (χ2v) is 6.67. The van der Waals surface area contributed by atoms with Gasteiger partial charge in [0.05, 0.1) is 0 Å². The van der Waals surface area contributed by atoms with E-state index < -0.39 is 11.9 Å². The van der Waals surface area contributed by atoms with Crippen LogP contribution >= 0.6 is 0 Å². The van der Waals surface area contributed by atoms with Crippen molar-refractivity contribution in [3.63, 3.8) is 0 Å². The Bertz CT molecular complexity index is 786. The van der Waals surface area contributed by atoms with Crippen LogP contribution in [0.2, 0.25) is 0 Å². The zero-order valence-corrected chi connectivity index (χ0v) is 16.1. The first kappa shape index (κ1) is 22.1. The molecule has 1 aliphatic rings. The van der Waals surface area contributed by atoms with Gasteiger partial charge in [0.15, 0.2) is 0 Å². The highest BCUT2D eigenvalue weighted by molar-refractivity contribution is 6.27. The third-order valence-corrected chi connectivity index (χ3v) is 4.46. The Hall–Kier alpha value is -3.16. The van der Waals surface area contributed by atoms with Gasteiger partial charge >= 0.3 is 11.9 Å². The number of piperazine rings is 1. The van der Waals surface area contributed by atoms with Crippen LogP contribution in [-0.2, 0) is 16.1 Å². The first-order valence-corrected chi connectivity index (χ1v) is 9.34. The maximum atomic E-state index is 9.34. The van der Waals surface area contributed by atoms with Crippen LogP contribution in [0.1, 0.15) is 11.1 Å². The summed E-state index contributed by atoms with van der Waals surface area (Å²) in [6, 6.07) is 18.0. The second kappa shape index (κ2) is 11.6. The molecule has 1 aliphatic heterocycles. The number of carboxylic acids is 2. The first-order valence-electron chi connectivity index (χ1n) is 9.34. The van der Waals surface area contributed by atoms with Crippen LogP contribution in [0.25, 0.3) is 6.08 Å². The molecule has 0 aliphatic carbocycles. The fraction of sp³-hybridized carbons (Fsp3) is 0.273. The molecule has 2 aromatic rings. The number of carboxylic acid groups (broad SMARTS) is 2. The molecule has 0 aromatic heterocycles. The van der Waals surface area contributed by atoms with Crippen LogP contribution in [0.4, 0.5) is 0 Å². The summed E-state index contributed by atoms with van der Waals surface area (Å²) >= 11 is 0. The summed E-state index contributed by atoms with van der Waals surface area (Å²) in [5.41, 5.74) is 2.53. The summed E-state index contributed by atoms with van der Waals surface area (Å²) in [6.07, 6.45) is 4.45. The topological polar surface area (TPSA) is 101 Å². The summed E-state index contributed by atoms with van der Waals surface area (Å²) in [4.78, 5) is 23.2. The Labute approximate surface area is 170 Å². The highest BCUT2D eigenvalue weighted by Crippen LogP contribution is 2.13. The van der Waals surface area contributed by atoms with Crippen molar-refractivity contribution in [2.24, 2.45) is 0 Å². The number of aromatic hydroxyl groups is 1. The van der Waals surface area contributed by atoms with Crippen molar-refractivity contribution in [3.8, 4) is 5.75 Å². The molecular weight excluding hydrogens is 372 g/mol. The Morgan fingerprint density at radius 3 is 1.93 bits per heavy atom. The quantitative estimate of drug-likeness (QED) is 0.665. The lowest BCUT2D eigenvalue weighted by Crippen LogP contribution is -2.45. The van der Waals surface area contributed by atoms with Crippen molar-refractivity contribution in [1.29, 1.82) is 0 Å². The second-order valence-electron chi connectivity index (χ2n) is 6.67. The molecule has 1 fully saturated rings. The summed E-state index contributed by atoms with van der Waals surface area (Å²) < 4.78 is 0. The van der Waals surface area contributed by atoms with Gasteiger partial charge in [0.1, 0.15) is 5.75 Å². The van der Waals surface area contributed by atoms with E-state index in [-0.39, 0.29) is 0 Å². The third kappa shape index (κ3) is 8.59. The number of phenolic OH excluding ortho intramolecular Hbond substituents is 1. The first-order chi connectivity index (χ1) is 13.9. The predicted octanol–water partition coefficient (Wildman–Crippen LogP) is 2.38. The van der Waals surface area contributed by atoms with Gasteiger partial charge in [-0.15, -0.1) is 0 Å². The van der Waals surface area contributed by atoms with Crippen LogP contribution in [0.5, 0.6) is 5.75 Å². The van der Waals surface area contributed by atoms with Crippen molar-refractivity contribution in [2.75, 3.05) is 32.7 Å². The molecule has 1 heterocycles. The van der Waals surface area contributed by atoms with Crippen molar-refractivity contribution in [3.05, 3.63) is 71.8 Å². The fourth-order valence-electron chi connectivity index (χ4n) is 2.89. The number of benzene rings is 2. The van der Waals surface area contributed by atoms with E-state index in [1.165, 1.54) is 11.1 Å². The third-order valence-electron chi connectivity index (χ3n) is 4.46. The Kier molecular flexibility index (Phi) is 8.88. The van der Waals surface area contributed by atoms with Crippen molar-refractivity contribution in [2.45, 2.75) is 6.54 Å². The van der Waals surface area contributed by atoms with Crippen LogP contribution in [0.3, 0.4) is 0 Å². The van der Waals surface area contributed by atoms with Gasteiger partial charge < -0.3 is 15.3 Å². The Morgan fingerprint density at radius 1 is 0.828 bits per heavy atom. The largest absolute Gasteiger partial charge is 0.508 e. The number of rotatable bonds is 5. The molecule has 1 saturated heterocycles. The number of phenols is 1. The number of hydrogen-bond donors (Lipinski definition) is 3. The standard InChI is InChI=1S/C20H24N2O.C2H2O4/c23-20-10-8-19(9-11-20)17-22-15-13-21(14-16-22)12-4-7-18-5-2-1-3-6-18;3-1(4)2(5)6/h1-11,23H,12-17H2;(H,3,4)(H,5,6). The summed E-state index contributed by atoms with van der Waals surface area (Å²) in [6.45, 7) is 6.39. The fourth-order valence-corrected chi connectivity index (χ4v) is 2.89. The van der Waals surface area contributed by atoms with Crippen molar-refractivity contribution < 1.29 is 24.9 Å². The lowest BCUT2D eigenvalue weighted by atomic mass is 10.2. The molecule has 0 radical (unpaired) electrons. The molecule has 0 bridgehead atoms. The Balaban J connectivity index is 0.000000438.